The summed E-state index contributed by atoms with van der Waals surface area (Å²) in [5.74, 6) is 0. The summed E-state index contributed by atoms with van der Waals surface area (Å²) in [5.41, 5.74) is 9.03. The van der Waals surface area contributed by atoms with E-state index in [0.29, 0.717) is 38.8 Å². The van der Waals surface area contributed by atoms with Crippen LogP contribution in [0.3, 0.4) is 0 Å². The van der Waals surface area contributed by atoms with E-state index in [0.717, 1.165) is 0 Å². The van der Waals surface area contributed by atoms with Crippen molar-refractivity contribution in [2.75, 3.05) is 13.1 Å². The molecule has 0 heterocycles. The van der Waals surface area contributed by atoms with Gasteiger partial charge < -0.3 is 11.5 Å². The van der Waals surface area contributed by atoms with Crippen molar-refractivity contribution in [1.82, 2.24) is 0 Å². The largest absolute Gasteiger partial charge is 0.330 e. The Morgan fingerprint density at radius 2 is 1.22 bits per heavy atom. The highest BCUT2D eigenvalue weighted by Gasteiger charge is 2.27. The van der Waals surface area contributed by atoms with E-state index >= 15 is 0 Å². The van der Waals surface area contributed by atoms with Gasteiger partial charge in [-0.05, 0) is 52.6 Å². The minimum absolute atomic E-state index is 0.509. The molecule has 6 heteroatoms. The fourth-order valence-electron chi connectivity index (χ4n) is 1.37. The predicted molar refractivity (Wildman–Crippen MR) is 69.5 cm³/mol. The van der Waals surface area contributed by atoms with Gasteiger partial charge in [0.2, 0.25) is 0 Å². The minimum Gasteiger partial charge on any atom is -0.330 e. The second kappa shape index (κ2) is 7.75. The van der Waals surface area contributed by atoms with Crippen LogP contribution < -0.4 is 11.5 Å². The number of nitrogens with two attached hydrogens (primary N) is 2. The van der Waals surface area contributed by atoms with Crippen molar-refractivity contribution >= 4 is 0 Å². The lowest BCUT2D eigenvalue weighted by Gasteiger charge is -2.19. The van der Waals surface area contributed by atoms with Gasteiger partial charge in [-0.2, -0.15) is 20.8 Å². The summed E-state index contributed by atoms with van der Waals surface area (Å²) in [5, 5.41) is 26.3. The van der Waals surface area contributed by atoms with E-state index in [1.54, 1.807) is 13.8 Å². The zero-order valence-corrected chi connectivity index (χ0v) is 11.2. The molecule has 2 unspecified atom stereocenters. The predicted octanol–water partition coefficient (Wildman–Crippen LogP) is 1.48. The summed E-state index contributed by atoms with van der Waals surface area (Å²) in [6, 6.07) is 4.23. The summed E-state index contributed by atoms with van der Waals surface area (Å²) in [7, 11) is 0. The van der Waals surface area contributed by atoms with Crippen molar-refractivity contribution < 1.29 is 0 Å². The van der Waals surface area contributed by atoms with Gasteiger partial charge in [-0.1, -0.05) is 0 Å². The van der Waals surface area contributed by atoms with E-state index in [-0.39, 0.29) is 0 Å². The zero-order chi connectivity index (χ0) is 14.1. The average Bonchev–Trinajstić information content (AvgIpc) is 2.40. The van der Waals surface area contributed by atoms with Crippen LogP contribution in [0.4, 0.5) is 0 Å². The van der Waals surface area contributed by atoms with Gasteiger partial charge in [0.05, 0.1) is 12.1 Å². The van der Waals surface area contributed by atoms with Crippen LogP contribution in [0.2, 0.25) is 0 Å². The summed E-state index contributed by atoms with van der Waals surface area (Å²) in [6.07, 6.45) is 2.49. The molecule has 0 aliphatic carbocycles. The lowest BCUT2D eigenvalue weighted by Crippen LogP contribution is -2.25. The second-order valence-electron chi connectivity index (χ2n) is 4.76. The number of azo groups is 1. The first-order chi connectivity index (χ1) is 8.45. The first kappa shape index (κ1) is 16.5. The molecular weight excluding hydrogens is 228 g/mol. The minimum atomic E-state index is -0.903. The van der Waals surface area contributed by atoms with Crippen LogP contribution in [-0.2, 0) is 0 Å². The molecule has 0 aliphatic heterocycles. The Bertz CT molecular complexity index is 319. The molecule has 0 spiro atoms. The SMILES string of the molecule is CC(C#N)(CCCN)N=NC(C)(C#N)CCCN. The van der Waals surface area contributed by atoms with Crippen molar-refractivity contribution in [1.29, 1.82) is 10.5 Å². The Labute approximate surface area is 109 Å². The lowest BCUT2D eigenvalue weighted by molar-refractivity contribution is 0.439. The first-order valence-corrected chi connectivity index (χ1v) is 6.12. The molecule has 0 radical (unpaired) electrons. The van der Waals surface area contributed by atoms with E-state index < -0.39 is 11.1 Å². The standard InChI is InChI=1S/C12H22N6/c1-11(9-15,5-3-7-13)17-18-12(2,10-16)6-4-8-14/h3-8,13-14H2,1-2H3. The molecule has 0 amide bonds. The number of nitriles is 2. The highest BCUT2D eigenvalue weighted by atomic mass is 15.2. The Hall–Kier alpha value is -1.50. The fourth-order valence-corrected chi connectivity index (χ4v) is 1.37. The molecule has 100 valence electrons. The lowest BCUT2D eigenvalue weighted by atomic mass is 9.97. The quantitative estimate of drug-likeness (QED) is 0.633. The number of rotatable bonds is 8. The maximum Gasteiger partial charge on any atom is 0.164 e. The number of hydrogen-bond acceptors (Lipinski definition) is 6. The van der Waals surface area contributed by atoms with Gasteiger partial charge >= 0.3 is 0 Å². The van der Waals surface area contributed by atoms with Crippen LogP contribution in [0.15, 0.2) is 10.2 Å². The van der Waals surface area contributed by atoms with Gasteiger partial charge in [0.15, 0.2) is 11.1 Å². The molecule has 0 aliphatic rings. The molecule has 0 aromatic heterocycles. The van der Waals surface area contributed by atoms with Crippen molar-refractivity contribution in [3.05, 3.63) is 0 Å². The van der Waals surface area contributed by atoms with Gasteiger partial charge in [0.1, 0.15) is 0 Å². The van der Waals surface area contributed by atoms with Gasteiger partial charge in [0.25, 0.3) is 0 Å². The van der Waals surface area contributed by atoms with Crippen LogP contribution >= 0.6 is 0 Å². The van der Waals surface area contributed by atoms with Crippen molar-refractivity contribution in [2.24, 2.45) is 21.7 Å². The van der Waals surface area contributed by atoms with Crippen LogP contribution in [0.5, 0.6) is 0 Å². The van der Waals surface area contributed by atoms with E-state index in [2.05, 4.69) is 22.4 Å². The third kappa shape index (κ3) is 5.72. The fraction of sp³-hybridized carbons (Fsp3) is 0.833. The molecule has 0 aromatic rings. The van der Waals surface area contributed by atoms with Gasteiger partial charge in [-0.3, -0.25) is 0 Å². The summed E-state index contributed by atoms with van der Waals surface area (Å²) in [4.78, 5) is 0. The molecule has 0 saturated heterocycles. The van der Waals surface area contributed by atoms with E-state index in [4.69, 9.17) is 22.0 Å². The molecule has 0 aromatic carbocycles. The maximum absolute atomic E-state index is 9.11. The molecular formula is C12H22N6. The molecule has 0 saturated carbocycles. The highest BCUT2D eigenvalue weighted by Crippen LogP contribution is 2.22. The molecule has 18 heavy (non-hydrogen) atoms. The van der Waals surface area contributed by atoms with Crippen LogP contribution in [0, 0.1) is 22.7 Å². The smallest absolute Gasteiger partial charge is 0.164 e. The van der Waals surface area contributed by atoms with E-state index in [9.17, 15) is 0 Å². The molecule has 6 nitrogen and oxygen atoms in total. The van der Waals surface area contributed by atoms with E-state index in [1.165, 1.54) is 0 Å². The third-order valence-corrected chi connectivity index (χ3v) is 2.71. The first-order valence-electron chi connectivity index (χ1n) is 6.12. The van der Waals surface area contributed by atoms with Gasteiger partial charge in [-0.25, -0.2) is 0 Å². The third-order valence-electron chi connectivity index (χ3n) is 2.71. The molecule has 2 atom stereocenters. The Morgan fingerprint density at radius 1 is 0.889 bits per heavy atom. The highest BCUT2D eigenvalue weighted by molar-refractivity contribution is 5.07. The van der Waals surface area contributed by atoms with Crippen molar-refractivity contribution in [2.45, 2.75) is 50.6 Å². The molecule has 0 rings (SSSR count). The number of nitrogens with zero attached hydrogens (tertiary/aromatic N) is 4. The monoisotopic (exact) mass is 250 g/mol. The zero-order valence-electron chi connectivity index (χ0n) is 11.2. The number of hydrogen-bond donors (Lipinski definition) is 2. The Balaban J connectivity index is 4.75. The Morgan fingerprint density at radius 3 is 1.44 bits per heavy atom. The summed E-state index contributed by atoms with van der Waals surface area (Å²) in [6.45, 7) is 4.42. The Kier molecular flexibility index (Phi) is 7.11. The van der Waals surface area contributed by atoms with E-state index in [1.807, 2.05) is 0 Å². The van der Waals surface area contributed by atoms with Crippen molar-refractivity contribution in [3.8, 4) is 12.1 Å². The molecule has 4 N–H and O–H groups in total. The van der Waals surface area contributed by atoms with Crippen molar-refractivity contribution in [3.63, 3.8) is 0 Å². The maximum atomic E-state index is 9.11. The normalized spacial score (nSPS) is 17.7. The average molecular weight is 250 g/mol. The molecule has 0 bridgehead atoms. The van der Waals surface area contributed by atoms with Crippen LogP contribution in [0.1, 0.15) is 39.5 Å². The topological polar surface area (TPSA) is 124 Å². The van der Waals surface area contributed by atoms with Crippen LogP contribution in [-0.4, -0.2) is 24.2 Å². The summed E-state index contributed by atoms with van der Waals surface area (Å²) >= 11 is 0. The van der Waals surface area contributed by atoms with Gasteiger partial charge in [0, 0.05) is 0 Å². The van der Waals surface area contributed by atoms with Gasteiger partial charge in [-0.15, -0.1) is 0 Å². The van der Waals surface area contributed by atoms with Crippen LogP contribution in [0.25, 0.3) is 0 Å². The molecule has 0 fully saturated rings. The second-order valence-corrected chi connectivity index (χ2v) is 4.76. The summed E-state index contributed by atoms with van der Waals surface area (Å²) < 4.78 is 0.